The summed E-state index contributed by atoms with van der Waals surface area (Å²) in [5.41, 5.74) is 1.09. The Labute approximate surface area is 150 Å². The maximum atomic E-state index is 13.4. The molecule has 1 unspecified atom stereocenters. The Morgan fingerprint density at radius 3 is 2.65 bits per heavy atom. The summed E-state index contributed by atoms with van der Waals surface area (Å²) in [5, 5.41) is 4.80. The molecule has 0 aliphatic carbocycles. The van der Waals surface area contributed by atoms with E-state index < -0.39 is 5.82 Å². The first kappa shape index (κ1) is 16.3. The van der Waals surface area contributed by atoms with Crippen LogP contribution < -0.4 is 10.2 Å². The third kappa shape index (κ3) is 3.04. The second-order valence-electron chi connectivity index (χ2n) is 6.39. The molecule has 0 radical (unpaired) electrons. The minimum absolute atomic E-state index is 0.126. The second kappa shape index (κ2) is 6.59. The number of rotatable bonds is 3. The van der Waals surface area contributed by atoms with Crippen LogP contribution >= 0.6 is 0 Å². The summed E-state index contributed by atoms with van der Waals surface area (Å²) in [7, 11) is 0. The number of carbonyl (C=O) groups excluding carboxylic acids is 2. The van der Waals surface area contributed by atoms with Gasteiger partial charge in [0, 0.05) is 24.2 Å². The molecule has 0 bridgehead atoms. The van der Waals surface area contributed by atoms with Crippen molar-refractivity contribution in [1.29, 1.82) is 0 Å². The zero-order valence-corrected chi connectivity index (χ0v) is 14.0. The zero-order valence-electron chi connectivity index (χ0n) is 14.0. The minimum Gasteiger partial charge on any atom is -0.347 e. The first-order valence-corrected chi connectivity index (χ1v) is 8.46. The summed E-state index contributed by atoms with van der Waals surface area (Å²) in [5.74, 6) is -0.724. The lowest BCUT2D eigenvalue weighted by Crippen LogP contribution is -2.37. The number of benzene rings is 3. The Morgan fingerprint density at radius 2 is 1.81 bits per heavy atom. The van der Waals surface area contributed by atoms with Crippen molar-refractivity contribution in [1.82, 2.24) is 5.32 Å². The summed E-state index contributed by atoms with van der Waals surface area (Å²) in [4.78, 5) is 26.5. The molecule has 130 valence electrons. The van der Waals surface area contributed by atoms with Crippen LogP contribution in [0.15, 0.2) is 66.7 Å². The van der Waals surface area contributed by atoms with E-state index in [0.717, 1.165) is 10.8 Å². The van der Waals surface area contributed by atoms with Crippen molar-refractivity contribution in [3.05, 3.63) is 78.1 Å². The van der Waals surface area contributed by atoms with Gasteiger partial charge in [0.15, 0.2) is 0 Å². The molecule has 5 heteroatoms. The first-order chi connectivity index (χ1) is 12.6. The number of hydrogen-bond acceptors (Lipinski definition) is 2. The Balaban J connectivity index is 1.53. The highest BCUT2D eigenvalue weighted by Crippen LogP contribution is 2.23. The molecule has 0 spiro atoms. The van der Waals surface area contributed by atoms with E-state index in [1.54, 1.807) is 18.2 Å². The molecule has 3 aromatic rings. The Kier molecular flexibility index (Phi) is 4.13. The molecule has 4 nitrogen and oxygen atoms in total. The van der Waals surface area contributed by atoms with Gasteiger partial charge >= 0.3 is 0 Å². The van der Waals surface area contributed by atoms with E-state index in [4.69, 9.17) is 0 Å². The fourth-order valence-corrected chi connectivity index (χ4v) is 3.38. The quantitative estimate of drug-likeness (QED) is 0.787. The molecule has 0 aromatic heterocycles. The summed E-state index contributed by atoms with van der Waals surface area (Å²) in [6.07, 6.45) is 0.201. The number of fused-ring (bicyclic) bond motifs is 1. The van der Waals surface area contributed by atoms with E-state index in [2.05, 4.69) is 5.32 Å². The highest BCUT2D eigenvalue weighted by Gasteiger charge is 2.32. The molecule has 1 N–H and O–H groups in total. The number of halogens is 1. The van der Waals surface area contributed by atoms with Crippen LogP contribution in [0.3, 0.4) is 0 Å². The Bertz CT molecular complexity index is 997. The molecule has 3 aromatic carbocycles. The summed E-state index contributed by atoms with van der Waals surface area (Å²) in [6.45, 7) is 0.332. The highest BCUT2D eigenvalue weighted by molar-refractivity contribution is 6.07. The van der Waals surface area contributed by atoms with Crippen LogP contribution in [0.4, 0.5) is 10.1 Å². The number of carbonyl (C=O) groups is 2. The fourth-order valence-electron chi connectivity index (χ4n) is 3.38. The van der Waals surface area contributed by atoms with Gasteiger partial charge in [0.05, 0.1) is 6.04 Å². The molecule has 0 saturated carbocycles. The lowest BCUT2D eigenvalue weighted by atomic mass is 10.0. The summed E-state index contributed by atoms with van der Waals surface area (Å²) >= 11 is 0. The van der Waals surface area contributed by atoms with Gasteiger partial charge in [0.25, 0.3) is 5.91 Å². The van der Waals surface area contributed by atoms with E-state index in [1.165, 1.54) is 17.0 Å². The molecule has 26 heavy (non-hydrogen) atoms. The van der Waals surface area contributed by atoms with Crippen LogP contribution in [-0.2, 0) is 4.79 Å². The van der Waals surface area contributed by atoms with Gasteiger partial charge in [-0.1, -0.05) is 42.5 Å². The number of anilines is 1. The van der Waals surface area contributed by atoms with E-state index in [9.17, 15) is 14.0 Å². The van der Waals surface area contributed by atoms with Crippen molar-refractivity contribution >= 4 is 28.3 Å². The zero-order chi connectivity index (χ0) is 18.1. The molecule has 2 amide bonds. The molecular weight excluding hydrogens is 331 g/mol. The van der Waals surface area contributed by atoms with Gasteiger partial charge in [-0.15, -0.1) is 0 Å². The fraction of sp³-hybridized carbons (Fsp3) is 0.143. The van der Waals surface area contributed by atoms with Crippen LogP contribution in [0.25, 0.3) is 10.8 Å². The van der Waals surface area contributed by atoms with Crippen LogP contribution in [-0.4, -0.2) is 24.4 Å². The molecule has 1 aliphatic heterocycles. The van der Waals surface area contributed by atoms with Gasteiger partial charge in [0.2, 0.25) is 5.91 Å². The van der Waals surface area contributed by atoms with Crippen molar-refractivity contribution < 1.29 is 14.0 Å². The van der Waals surface area contributed by atoms with Crippen molar-refractivity contribution in [3.8, 4) is 0 Å². The van der Waals surface area contributed by atoms with Crippen molar-refractivity contribution in [2.45, 2.75) is 12.5 Å². The Hall–Kier alpha value is -3.21. The van der Waals surface area contributed by atoms with Crippen molar-refractivity contribution in [2.24, 2.45) is 0 Å². The standard InChI is InChI=1S/C21H17FN2O2/c22-15-7-4-8-17(11-15)24-13-16(12-20(24)25)23-21(26)19-10-3-6-14-5-1-2-9-18(14)19/h1-11,16H,12-13H2,(H,23,26). The molecule has 1 heterocycles. The van der Waals surface area contributed by atoms with Gasteiger partial charge in [-0.25, -0.2) is 4.39 Å². The topological polar surface area (TPSA) is 49.4 Å². The normalized spacial score (nSPS) is 16.9. The van der Waals surface area contributed by atoms with Crippen LogP contribution in [0, 0.1) is 5.82 Å². The van der Waals surface area contributed by atoms with Crippen LogP contribution in [0.2, 0.25) is 0 Å². The van der Waals surface area contributed by atoms with E-state index in [-0.39, 0.29) is 24.3 Å². The first-order valence-electron chi connectivity index (χ1n) is 8.46. The van der Waals surface area contributed by atoms with Crippen LogP contribution in [0.1, 0.15) is 16.8 Å². The third-order valence-electron chi connectivity index (χ3n) is 4.61. The molecular formula is C21H17FN2O2. The van der Waals surface area contributed by atoms with Gasteiger partial charge in [0.1, 0.15) is 5.82 Å². The van der Waals surface area contributed by atoms with Gasteiger partial charge < -0.3 is 10.2 Å². The molecule has 1 aliphatic rings. The largest absolute Gasteiger partial charge is 0.347 e. The average molecular weight is 348 g/mol. The van der Waals surface area contributed by atoms with Gasteiger partial charge in [-0.3, -0.25) is 9.59 Å². The highest BCUT2D eigenvalue weighted by atomic mass is 19.1. The lowest BCUT2D eigenvalue weighted by Gasteiger charge is -2.17. The Morgan fingerprint density at radius 1 is 1.04 bits per heavy atom. The summed E-state index contributed by atoms with van der Waals surface area (Å²) in [6, 6.07) is 18.9. The maximum absolute atomic E-state index is 13.4. The van der Waals surface area contributed by atoms with E-state index >= 15 is 0 Å². The smallest absolute Gasteiger partial charge is 0.252 e. The molecule has 1 saturated heterocycles. The molecule has 1 fully saturated rings. The number of hydrogen-bond donors (Lipinski definition) is 1. The predicted molar refractivity (Wildman–Crippen MR) is 98.6 cm³/mol. The molecule has 4 rings (SSSR count). The molecule has 1 atom stereocenters. The van der Waals surface area contributed by atoms with Crippen molar-refractivity contribution in [3.63, 3.8) is 0 Å². The second-order valence-corrected chi connectivity index (χ2v) is 6.39. The third-order valence-corrected chi connectivity index (χ3v) is 4.61. The van der Waals surface area contributed by atoms with Crippen molar-refractivity contribution in [2.75, 3.05) is 11.4 Å². The predicted octanol–water partition coefficient (Wildman–Crippen LogP) is 3.51. The SMILES string of the molecule is O=C(NC1CC(=O)N(c2cccc(F)c2)C1)c1cccc2ccccc12. The van der Waals surface area contributed by atoms with Gasteiger partial charge in [-0.05, 0) is 35.0 Å². The number of nitrogens with one attached hydrogen (secondary N) is 1. The maximum Gasteiger partial charge on any atom is 0.252 e. The number of nitrogens with zero attached hydrogens (tertiary/aromatic N) is 1. The average Bonchev–Trinajstić information content (AvgIpc) is 3.01. The van der Waals surface area contributed by atoms with E-state index in [0.29, 0.717) is 17.8 Å². The lowest BCUT2D eigenvalue weighted by molar-refractivity contribution is -0.117. The monoisotopic (exact) mass is 348 g/mol. The van der Waals surface area contributed by atoms with E-state index in [1.807, 2.05) is 36.4 Å². The van der Waals surface area contributed by atoms with Gasteiger partial charge in [-0.2, -0.15) is 0 Å². The van der Waals surface area contributed by atoms with Crippen LogP contribution in [0.5, 0.6) is 0 Å². The number of amides is 2. The summed E-state index contributed by atoms with van der Waals surface area (Å²) < 4.78 is 13.4. The minimum atomic E-state index is -0.390.